The molecule has 4 N–H and O–H groups in total. The summed E-state index contributed by atoms with van der Waals surface area (Å²) in [7, 11) is 0. The molecule has 0 spiro atoms. The van der Waals surface area contributed by atoms with E-state index in [0.717, 1.165) is 62.0 Å². The Balaban J connectivity index is 1.39. The van der Waals surface area contributed by atoms with Crippen molar-refractivity contribution in [2.45, 2.75) is 50.6 Å². The SMILES string of the molecule is Nc1ncnc2c1ncn2Cc1cc(-c2ccc(F)c(F)c2)ncc1N1CCCC(N)(C(=O)C2CCCC2)C1. The third-order valence-corrected chi connectivity index (χ3v) is 8.03. The van der Waals surface area contributed by atoms with Crippen LogP contribution in [0.4, 0.5) is 20.3 Å². The average Bonchev–Trinajstić information content (AvgIpc) is 3.61. The first kappa shape index (κ1) is 25.3. The number of hydrogen-bond donors (Lipinski definition) is 2. The zero-order valence-electron chi connectivity index (χ0n) is 21.5. The van der Waals surface area contributed by atoms with E-state index in [1.54, 1.807) is 12.5 Å². The number of carbonyl (C=O) groups excluding carboxylic acids is 1. The Morgan fingerprint density at radius 1 is 1.05 bits per heavy atom. The van der Waals surface area contributed by atoms with Gasteiger partial charge in [-0.2, -0.15) is 0 Å². The predicted molar refractivity (Wildman–Crippen MR) is 144 cm³/mol. The molecule has 0 radical (unpaired) electrons. The zero-order valence-corrected chi connectivity index (χ0v) is 21.5. The molecule has 2 fully saturated rings. The molecule has 0 amide bonds. The van der Waals surface area contributed by atoms with E-state index < -0.39 is 17.2 Å². The molecule has 1 aliphatic carbocycles. The van der Waals surface area contributed by atoms with Crippen molar-refractivity contribution >= 4 is 28.5 Å². The van der Waals surface area contributed by atoms with E-state index >= 15 is 0 Å². The molecule has 1 aliphatic heterocycles. The van der Waals surface area contributed by atoms with Gasteiger partial charge in [-0.1, -0.05) is 12.8 Å². The molecule has 1 saturated carbocycles. The quantitative estimate of drug-likeness (QED) is 0.383. The monoisotopic (exact) mass is 532 g/mol. The lowest BCUT2D eigenvalue weighted by atomic mass is 9.79. The summed E-state index contributed by atoms with van der Waals surface area (Å²) in [6.45, 7) is 1.46. The van der Waals surface area contributed by atoms with Crippen LogP contribution in [-0.2, 0) is 11.3 Å². The molecule has 3 aromatic heterocycles. The molecule has 6 rings (SSSR count). The van der Waals surface area contributed by atoms with E-state index in [9.17, 15) is 13.6 Å². The molecule has 4 aromatic rings. The van der Waals surface area contributed by atoms with E-state index in [4.69, 9.17) is 11.5 Å². The lowest BCUT2D eigenvalue weighted by Gasteiger charge is -2.42. The lowest BCUT2D eigenvalue weighted by Crippen LogP contribution is -2.61. The number of piperidine rings is 1. The Morgan fingerprint density at radius 3 is 2.67 bits per heavy atom. The van der Waals surface area contributed by atoms with Crippen LogP contribution in [0, 0.1) is 17.6 Å². The number of imidazole rings is 1. The zero-order chi connectivity index (χ0) is 27.1. The van der Waals surface area contributed by atoms with Crippen molar-refractivity contribution in [1.82, 2.24) is 24.5 Å². The lowest BCUT2D eigenvalue weighted by molar-refractivity contribution is -0.128. The minimum Gasteiger partial charge on any atom is -0.382 e. The first-order valence-electron chi connectivity index (χ1n) is 13.3. The number of pyridine rings is 1. The number of nitrogens with two attached hydrogens (primary N) is 2. The maximum absolute atomic E-state index is 14.0. The normalized spacial score (nSPS) is 20.1. The Bertz CT molecular complexity index is 1550. The Morgan fingerprint density at radius 2 is 1.87 bits per heavy atom. The maximum atomic E-state index is 14.0. The van der Waals surface area contributed by atoms with Crippen molar-refractivity contribution in [1.29, 1.82) is 0 Å². The number of benzene rings is 1. The highest BCUT2D eigenvalue weighted by Crippen LogP contribution is 2.35. The number of nitrogen functional groups attached to an aromatic ring is 1. The molecule has 2 aliphatic rings. The van der Waals surface area contributed by atoms with Crippen molar-refractivity contribution in [3.05, 3.63) is 60.3 Å². The highest BCUT2D eigenvalue weighted by molar-refractivity contribution is 5.91. The van der Waals surface area contributed by atoms with Gasteiger partial charge in [-0.3, -0.25) is 9.78 Å². The predicted octanol–water partition coefficient (Wildman–Crippen LogP) is 3.85. The molecule has 1 saturated heterocycles. The van der Waals surface area contributed by atoms with Crippen LogP contribution < -0.4 is 16.4 Å². The standard InChI is InChI=1S/C28H30F2N8O/c29-20-7-6-18(10-21(20)30)22-11-19(13-38-16-36-24-26(31)34-15-35-27(24)38)23(12-33-22)37-9-3-8-28(32,14-37)25(39)17-4-1-2-5-17/h6-7,10-12,15-17H,1-5,8-9,13-14,32H2,(H2,31,34,35). The van der Waals surface area contributed by atoms with Gasteiger partial charge >= 0.3 is 0 Å². The van der Waals surface area contributed by atoms with Gasteiger partial charge in [0.15, 0.2) is 28.9 Å². The van der Waals surface area contributed by atoms with E-state index in [1.165, 1.54) is 12.4 Å². The van der Waals surface area contributed by atoms with Gasteiger partial charge in [0, 0.05) is 24.6 Å². The largest absolute Gasteiger partial charge is 0.382 e. The highest BCUT2D eigenvalue weighted by atomic mass is 19.2. The van der Waals surface area contributed by atoms with Gasteiger partial charge in [0.25, 0.3) is 0 Å². The number of halogens is 2. The summed E-state index contributed by atoms with van der Waals surface area (Å²) in [5.41, 5.74) is 15.5. The summed E-state index contributed by atoms with van der Waals surface area (Å²) in [4.78, 5) is 32.9. The molecule has 39 heavy (non-hydrogen) atoms. The Labute approximate surface area is 224 Å². The number of carbonyl (C=O) groups is 1. The van der Waals surface area contributed by atoms with Crippen molar-refractivity contribution < 1.29 is 13.6 Å². The van der Waals surface area contributed by atoms with Crippen LogP contribution in [0.3, 0.4) is 0 Å². The fourth-order valence-electron chi connectivity index (χ4n) is 6.00. The molecule has 202 valence electrons. The Kier molecular flexibility index (Phi) is 6.46. The summed E-state index contributed by atoms with van der Waals surface area (Å²) in [5, 5.41) is 0. The van der Waals surface area contributed by atoms with Crippen LogP contribution in [0.2, 0.25) is 0 Å². The van der Waals surface area contributed by atoms with Crippen LogP contribution in [0.1, 0.15) is 44.1 Å². The second-order valence-electron chi connectivity index (χ2n) is 10.7. The van der Waals surface area contributed by atoms with Crippen LogP contribution in [-0.4, -0.2) is 48.9 Å². The van der Waals surface area contributed by atoms with Gasteiger partial charge in [-0.05, 0) is 55.5 Å². The number of aromatic nitrogens is 5. The summed E-state index contributed by atoms with van der Waals surface area (Å²) >= 11 is 0. The number of fused-ring (bicyclic) bond motifs is 1. The number of rotatable bonds is 6. The molecule has 1 unspecified atom stereocenters. The summed E-state index contributed by atoms with van der Waals surface area (Å²) in [6.07, 6.45) is 10.1. The molecule has 4 heterocycles. The average molecular weight is 533 g/mol. The molecule has 9 nitrogen and oxygen atoms in total. The first-order chi connectivity index (χ1) is 18.8. The summed E-state index contributed by atoms with van der Waals surface area (Å²) in [5.74, 6) is -1.39. The van der Waals surface area contributed by atoms with Gasteiger partial charge in [-0.15, -0.1) is 0 Å². The second-order valence-corrected chi connectivity index (χ2v) is 10.7. The topological polar surface area (TPSA) is 129 Å². The van der Waals surface area contributed by atoms with Gasteiger partial charge in [-0.25, -0.2) is 23.7 Å². The number of hydrogen-bond acceptors (Lipinski definition) is 8. The van der Waals surface area contributed by atoms with E-state index in [-0.39, 0.29) is 17.5 Å². The Hall–Kier alpha value is -3.99. The molecule has 11 heteroatoms. The van der Waals surface area contributed by atoms with E-state index in [0.29, 0.717) is 41.9 Å². The summed E-state index contributed by atoms with van der Waals surface area (Å²) in [6, 6.07) is 5.57. The first-order valence-corrected chi connectivity index (χ1v) is 13.3. The molecular weight excluding hydrogens is 502 g/mol. The minimum atomic E-state index is -0.943. The van der Waals surface area contributed by atoms with Gasteiger partial charge in [0.1, 0.15) is 11.8 Å². The molecule has 1 atom stereocenters. The highest BCUT2D eigenvalue weighted by Gasteiger charge is 2.42. The second kappa shape index (κ2) is 9.96. The third kappa shape index (κ3) is 4.71. The molecule has 0 bridgehead atoms. The fourth-order valence-corrected chi connectivity index (χ4v) is 6.00. The smallest absolute Gasteiger partial charge is 0.165 e. The van der Waals surface area contributed by atoms with Crippen molar-refractivity contribution in [3.8, 4) is 11.3 Å². The van der Waals surface area contributed by atoms with Crippen LogP contribution in [0.5, 0.6) is 0 Å². The van der Waals surface area contributed by atoms with Crippen molar-refractivity contribution in [3.63, 3.8) is 0 Å². The van der Waals surface area contributed by atoms with Crippen LogP contribution in [0.25, 0.3) is 22.4 Å². The number of anilines is 2. The van der Waals surface area contributed by atoms with Crippen molar-refractivity contribution in [2.24, 2.45) is 11.7 Å². The minimum absolute atomic E-state index is 0.0331. The molecular formula is C28H30F2N8O. The number of ketones is 1. The van der Waals surface area contributed by atoms with Gasteiger partial charge < -0.3 is 20.9 Å². The van der Waals surface area contributed by atoms with E-state index in [2.05, 4.69) is 24.8 Å². The molecule has 1 aromatic carbocycles. The maximum Gasteiger partial charge on any atom is 0.165 e. The summed E-state index contributed by atoms with van der Waals surface area (Å²) < 4.78 is 29.5. The van der Waals surface area contributed by atoms with Crippen LogP contribution >= 0.6 is 0 Å². The van der Waals surface area contributed by atoms with E-state index in [1.807, 2.05) is 10.6 Å². The third-order valence-electron chi connectivity index (χ3n) is 8.03. The van der Waals surface area contributed by atoms with Crippen molar-refractivity contribution in [2.75, 3.05) is 23.7 Å². The number of nitrogens with zero attached hydrogens (tertiary/aromatic N) is 6. The van der Waals surface area contributed by atoms with Crippen LogP contribution in [0.15, 0.2) is 43.1 Å². The van der Waals surface area contributed by atoms with Gasteiger partial charge in [0.2, 0.25) is 0 Å². The fraction of sp³-hybridized carbons (Fsp3) is 0.393. The van der Waals surface area contributed by atoms with Gasteiger partial charge in [0.05, 0.1) is 36.0 Å². The number of Topliss-reactive ketones (excluding diaryl/α,β-unsaturated/α-hetero) is 1.